The number of hydrogen-bond donors (Lipinski definition) is 1. The maximum Gasteiger partial charge on any atom is 0.0471 e. The Morgan fingerprint density at radius 1 is 1.33 bits per heavy atom. The zero-order valence-corrected chi connectivity index (χ0v) is 8.24. The van der Waals surface area contributed by atoms with Crippen LogP contribution in [-0.2, 0) is 4.74 Å². The van der Waals surface area contributed by atoms with E-state index in [1.54, 1.807) is 0 Å². The van der Waals surface area contributed by atoms with Gasteiger partial charge in [0.1, 0.15) is 0 Å². The molecule has 12 heavy (non-hydrogen) atoms. The summed E-state index contributed by atoms with van der Waals surface area (Å²) in [5.74, 6) is 0.941. The van der Waals surface area contributed by atoms with Crippen molar-refractivity contribution in [3.8, 4) is 0 Å². The van der Waals surface area contributed by atoms with E-state index in [0.717, 1.165) is 25.7 Å². The van der Waals surface area contributed by atoms with Crippen LogP contribution >= 0.6 is 12.4 Å². The van der Waals surface area contributed by atoms with Crippen molar-refractivity contribution in [2.45, 2.75) is 25.7 Å². The van der Waals surface area contributed by atoms with Gasteiger partial charge in [0.05, 0.1) is 0 Å². The first-order valence-electron chi connectivity index (χ1n) is 4.65. The highest BCUT2D eigenvalue weighted by Crippen LogP contribution is 2.60. The summed E-state index contributed by atoms with van der Waals surface area (Å²) in [5.41, 5.74) is 6.22. The first-order chi connectivity index (χ1) is 5.37. The van der Waals surface area contributed by atoms with Crippen molar-refractivity contribution in [3.63, 3.8) is 0 Å². The number of ether oxygens (including phenoxy) is 1. The first-order valence-corrected chi connectivity index (χ1v) is 4.65. The molecule has 2 N–H and O–H groups in total. The molecule has 2 nitrogen and oxygen atoms in total. The predicted octanol–water partition coefficient (Wildman–Crippen LogP) is 1.57. The molecule has 0 radical (unpaired) electrons. The van der Waals surface area contributed by atoms with Crippen molar-refractivity contribution < 1.29 is 4.74 Å². The molecule has 1 unspecified atom stereocenters. The van der Waals surface area contributed by atoms with Gasteiger partial charge in [-0.25, -0.2) is 0 Å². The van der Waals surface area contributed by atoms with E-state index in [4.69, 9.17) is 10.5 Å². The van der Waals surface area contributed by atoms with E-state index < -0.39 is 0 Å². The van der Waals surface area contributed by atoms with Gasteiger partial charge in [0, 0.05) is 13.2 Å². The smallest absolute Gasteiger partial charge is 0.0471 e. The minimum Gasteiger partial charge on any atom is -0.381 e. The molecule has 0 aromatic carbocycles. The number of nitrogens with two attached hydrogens (primary N) is 1. The highest BCUT2D eigenvalue weighted by atomic mass is 35.5. The molecule has 1 aliphatic carbocycles. The van der Waals surface area contributed by atoms with Gasteiger partial charge in [0.25, 0.3) is 0 Å². The second kappa shape index (κ2) is 3.95. The molecule has 1 saturated carbocycles. The summed E-state index contributed by atoms with van der Waals surface area (Å²) in [7, 11) is 0. The molecule has 1 aliphatic heterocycles. The van der Waals surface area contributed by atoms with Gasteiger partial charge in [-0.15, -0.1) is 12.4 Å². The van der Waals surface area contributed by atoms with E-state index in [1.165, 1.54) is 25.7 Å². The molecule has 1 atom stereocenters. The van der Waals surface area contributed by atoms with Crippen molar-refractivity contribution in [3.05, 3.63) is 0 Å². The van der Waals surface area contributed by atoms with E-state index in [0.29, 0.717) is 5.41 Å². The van der Waals surface area contributed by atoms with Crippen LogP contribution in [0.5, 0.6) is 0 Å². The van der Waals surface area contributed by atoms with Gasteiger partial charge in [-0.3, -0.25) is 0 Å². The zero-order chi connectivity index (χ0) is 7.73. The first kappa shape index (κ1) is 10.3. The minimum atomic E-state index is 0. The largest absolute Gasteiger partial charge is 0.381 e. The van der Waals surface area contributed by atoms with Gasteiger partial charge in [-0.05, 0) is 43.6 Å². The van der Waals surface area contributed by atoms with E-state index in [9.17, 15) is 0 Å². The monoisotopic (exact) mass is 191 g/mol. The number of rotatable bonds is 2. The van der Waals surface area contributed by atoms with Crippen LogP contribution in [0, 0.1) is 11.3 Å². The molecule has 1 spiro atoms. The molecule has 1 heterocycles. The second-order valence-electron chi connectivity index (χ2n) is 3.95. The fourth-order valence-corrected chi connectivity index (χ4v) is 2.43. The number of halogens is 1. The molecule has 1 saturated heterocycles. The Kier molecular flexibility index (Phi) is 3.38. The molecular formula is C9H18ClNO. The Balaban J connectivity index is 0.000000720. The fourth-order valence-electron chi connectivity index (χ4n) is 2.43. The van der Waals surface area contributed by atoms with E-state index in [1.807, 2.05) is 0 Å². The van der Waals surface area contributed by atoms with Crippen LogP contribution in [-0.4, -0.2) is 19.8 Å². The normalized spacial score (nSPS) is 31.2. The summed E-state index contributed by atoms with van der Waals surface area (Å²) in [6.45, 7) is 2.84. The lowest BCUT2D eigenvalue weighted by molar-refractivity contribution is 0.0516. The van der Waals surface area contributed by atoms with Crippen LogP contribution in [0.25, 0.3) is 0 Å². The molecule has 2 aliphatic rings. The third-order valence-electron chi connectivity index (χ3n) is 3.36. The van der Waals surface area contributed by atoms with Crippen molar-refractivity contribution in [2.24, 2.45) is 17.1 Å². The molecule has 3 heteroatoms. The lowest BCUT2D eigenvalue weighted by Gasteiger charge is -2.22. The third-order valence-corrected chi connectivity index (χ3v) is 3.36. The quantitative estimate of drug-likeness (QED) is 0.720. The summed E-state index contributed by atoms with van der Waals surface area (Å²) >= 11 is 0. The summed E-state index contributed by atoms with van der Waals surface area (Å²) < 4.78 is 5.34. The van der Waals surface area contributed by atoms with E-state index in [2.05, 4.69) is 0 Å². The molecule has 0 amide bonds. The molecule has 0 aromatic heterocycles. The van der Waals surface area contributed by atoms with Gasteiger partial charge >= 0.3 is 0 Å². The van der Waals surface area contributed by atoms with Gasteiger partial charge in [0.2, 0.25) is 0 Å². The summed E-state index contributed by atoms with van der Waals surface area (Å²) in [4.78, 5) is 0. The molecule has 2 rings (SSSR count). The highest BCUT2D eigenvalue weighted by molar-refractivity contribution is 5.85. The summed E-state index contributed by atoms with van der Waals surface area (Å²) in [5, 5.41) is 0. The maximum atomic E-state index is 5.53. The van der Waals surface area contributed by atoms with Crippen LogP contribution in [0.2, 0.25) is 0 Å². The zero-order valence-electron chi connectivity index (χ0n) is 7.42. The van der Waals surface area contributed by atoms with Crippen molar-refractivity contribution in [2.75, 3.05) is 19.8 Å². The van der Waals surface area contributed by atoms with Crippen LogP contribution < -0.4 is 5.73 Å². The Morgan fingerprint density at radius 2 is 2.00 bits per heavy atom. The van der Waals surface area contributed by atoms with Gasteiger partial charge < -0.3 is 10.5 Å². The number of hydrogen-bond acceptors (Lipinski definition) is 2. The lowest BCUT2D eigenvalue weighted by atomic mass is 9.93. The molecular weight excluding hydrogens is 174 g/mol. The summed E-state index contributed by atoms with van der Waals surface area (Å²) in [6, 6.07) is 0. The predicted molar refractivity (Wildman–Crippen MR) is 51.5 cm³/mol. The van der Waals surface area contributed by atoms with Crippen LogP contribution in [0.1, 0.15) is 25.7 Å². The third kappa shape index (κ3) is 1.76. The second-order valence-corrected chi connectivity index (χ2v) is 3.95. The Hall–Kier alpha value is 0.210. The van der Waals surface area contributed by atoms with Crippen LogP contribution in [0.15, 0.2) is 0 Å². The van der Waals surface area contributed by atoms with Crippen LogP contribution in [0.3, 0.4) is 0 Å². The standard InChI is InChI=1S/C9H17NO.ClH/c10-4-1-8-7-9(8)2-5-11-6-3-9;/h8H,1-7,10H2;1H. The molecule has 0 aromatic rings. The SMILES string of the molecule is Cl.NCCC1CC12CCOCC2. The Bertz CT molecular complexity index is 145. The lowest BCUT2D eigenvalue weighted by Crippen LogP contribution is -2.19. The summed E-state index contributed by atoms with van der Waals surface area (Å²) in [6.07, 6.45) is 5.24. The van der Waals surface area contributed by atoms with Crippen molar-refractivity contribution >= 4 is 12.4 Å². The van der Waals surface area contributed by atoms with Gasteiger partial charge in [-0.1, -0.05) is 0 Å². The van der Waals surface area contributed by atoms with Crippen molar-refractivity contribution in [1.29, 1.82) is 0 Å². The average molecular weight is 192 g/mol. The van der Waals surface area contributed by atoms with Crippen LogP contribution in [0.4, 0.5) is 0 Å². The van der Waals surface area contributed by atoms with E-state index in [-0.39, 0.29) is 12.4 Å². The Labute approximate surface area is 80.3 Å². The molecule has 0 bridgehead atoms. The molecule has 72 valence electrons. The maximum absolute atomic E-state index is 5.53. The van der Waals surface area contributed by atoms with Crippen molar-refractivity contribution in [1.82, 2.24) is 0 Å². The highest BCUT2D eigenvalue weighted by Gasteiger charge is 2.52. The van der Waals surface area contributed by atoms with E-state index >= 15 is 0 Å². The molecule has 2 fully saturated rings. The Morgan fingerprint density at radius 3 is 2.58 bits per heavy atom. The average Bonchev–Trinajstić information content (AvgIpc) is 2.66. The van der Waals surface area contributed by atoms with Gasteiger partial charge in [0.15, 0.2) is 0 Å². The van der Waals surface area contributed by atoms with Gasteiger partial charge in [-0.2, -0.15) is 0 Å². The topological polar surface area (TPSA) is 35.2 Å². The fraction of sp³-hybridized carbons (Fsp3) is 1.00. The minimum absolute atomic E-state index is 0.